The van der Waals surface area contributed by atoms with Gasteiger partial charge in [0, 0.05) is 19.6 Å². The highest BCUT2D eigenvalue weighted by Gasteiger charge is 2.23. The molecule has 150 valence electrons. The molecular formula is C20H27N5O3. The summed E-state index contributed by atoms with van der Waals surface area (Å²) in [6.45, 7) is 7.84. The van der Waals surface area contributed by atoms with Crippen molar-refractivity contribution in [2.75, 3.05) is 38.3 Å². The van der Waals surface area contributed by atoms with Crippen LogP contribution in [0, 0.1) is 0 Å². The smallest absolute Gasteiger partial charge is 0.327 e. The van der Waals surface area contributed by atoms with Crippen molar-refractivity contribution in [3.8, 4) is 0 Å². The number of ether oxygens (including phenoxy) is 1. The summed E-state index contributed by atoms with van der Waals surface area (Å²) in [6.07, 6.45) is 0.708. The molecule has 0 radical (unpaired) electrons. The van der Waals surface area contributed by atoms with E-state index in [0.29, 0.717) is 37.1 Å². The molecule has 1 N–H and O–H groups in total. The van der Waals surface area contributed by atoms with Gasteiger partial charge in [0.2, 0.25) is 5.95 Å². The van der Waals surface area contributed by atoms with Gasteiger partial charge in [-0.15, -0.1) is 5.10 Å². The van der Waals surface area contributed by atoms with Crippen LogP contribution in [0.4, 0.5) is 5.95 Å². The van der Waals surface area contributed by atoms with E-state index in [9.17, 15) is 4.79 Å². The fourth-order valence-corrected chi connectivity index (χ4v) is 3.08. The summed E-state index contributed by atoms with van der Waals surface area (Å²) in [5.41, 5.74) is 2.09. The highest BCUT2D eigenvalue weighted by molar-refractivity contribution is 5.73. The van der Waals surface area contributed by atoms with Crippen LogP contribution >= 0.6 is 0 Å². The molecule has 0 spiro atoms. The molecule has 1 saturated heterocycles. The first kappa shape index (κ1) is 20.0. The first-order valence-electron chi connectivity index (χ1n) is 9.50. The predicted molar refractivity (Wildman–Crippen MR) is 107 cm³/mol. The normalized spacial score (nSPS) is 14.2. The Balaban J connectivity index is 0.000000211. The Morgan fingerprint density at radius 2 is 1.93 bits per heavy atom. The third-order valence-corrected chi connectivity index (χ3v) is 4.42. The molecule has 0 saturated carbocycles. The lowest BCUT2D eigenvalue weighted by Crippen LogP contribution is -2.37. The van der Waals surface area contributed by atoms with Crippen molar-refractivity contribution in [1.82, 2.24) is 19.9 Å². The molecule has 0 atom stereocenters. The minimum Gasteiger partial charge on any atom is -0.419 e. The quantitative estimate of drug-likeness (QED) is 0.676. The molecule has 3 aromatic rings. The number of aldehydes is 1. The Kier molecular flexibility index (Phi) is 6.78. The maximum Gasteiger partial charge on any atom is 0.327 e. The summed E-state index contributed by atoms with van der Waals surface area (Å²) >= 11 is 0. The number of aromatic nitrogens is 3. The van der Waals surface area contributed by atoms with E-state index in [4.69, 9.17) is 9.15 Å². The van der Waals surface area contributed by atoms with Crippen molar-refractivity contribution in [2.24, 2.45) is 0 Å². The van der Waals surface area contributed by atoms with Crippen LogP contribution in [-0.2, 0) is 11.3 Å². The van der Waals surface area contributed by atoms with E-state index in [-0.39, 0.29) is 5.92 Å². The van der Waals surface area contributed by atoms with E-state index < -0.39 is 0 Å². The van der Waals surface area contributed by atoms with Crippen molar-refractivity contribution in [3.05, 3.63) is 47.3 Å². The van der Waals surface area contributed by atoms with Gasteiger partial charge in [-0.25, -0.2) is 0 Å². The van der Waals surface area contributed by atoms with Crippen LogP contribution in [0.25, 0.3) is 5.84 Å². The van der Waals surface area contributed by atoms with Crippen LogP contribution < -0.4 is 10.2 Å². The molecule has 0 aliphatic carbocycles. The van der Waals surface area contributed by atoms with Gasteiger partial charge in [-0.2, -0.15) is 9.50 Å². The van der Waals surface area contributed by atoms with Gasteiger partial charge in [-0.3, -0.25) is 4.79 Å². The van der Waals surface area contributed by atoms with Crippen molar-refractivity contribution in [2.45, 2.75) is 26.3 Å². The summed E-state index contributed by atoms with van der Waals surface area (Å²) in [5, 5.41) is 7.53. The summed E-state index contributed by atoms with van der Waals surface area (Å²) < 4.78 is 12.4. The van der Waals surface area contributed by atoms with Gasteiger partial charge in [-0.1, -0.05) is 44.2 Å². The number of nitrogens with one attached hydrogen (secondary N) is 1. The Bertz CT molecular complexity index is 882. The zero-order valence-electron chi connectivity index (χ0n) is 16.6. The van der Waals surface area contributed by atoms with E-state index in [2.05, 4.69) is 32.4 Å². The Hall–Kier alpha value is -2.71. The van der Waals surface area contributed by atoms with Gasteiger partial charge in [0.1, 0.15) is 0 Å². The molecule has 0 unspecified atom stereocenters. The summed E-state index contributed by atoms with van der Waals surface area (Å²) in [7, 11) is 1.95. The Labute approximate surface area is 164 Å². The minimum atomic E-state index is 0.140. The third kappa shape index (κ3) is 4.58. The molecule has 3 heterocycles. The fraction of sp³-hybridized carbons (Fsp3) is 0.450. The summed E-state index contributed by atoms with van der Waals surface area (Å²) in [5.74, 6) is 1.44. The van der Waals surface area contributed by atoms with E-state index in [0.717, 1.165) is 25.3 Å². The summed E-state index contributed by atoms with van der Waals surface area (Å²) in [6, 6.07) is 10.3. The lowest BCUT2D eigenvalue weighted by Gasteiger charge is -2.25. The molecule has 8 heteroatoms. The predicted octanol–water partition coefficient (Wildman–Crippen LogP) is 2.50. The molecule has 1 aliphatic heterocycles. The second kappa shape index (κ2) is 9.48. The zero-order chi connectivity index (χ0) is 19.9. The van der Waals surface area contributed by atoms with E-state index in [1.807, 2.05) is 39.1 Å². The minimum absolute atomic E-state index is 0.140. The fourth-order valence-electron chi connectivity index (χ4n) is 3.08. The number of morpholine rings is 1. The van der Waals surface area contributed by atoms with Crippen molar-refractivity contribution < 1.29 is 13.9 Å². The number of rotatable bonds is 5. The second-order valence-electron chi connectivity index (χ2n) is 6.85. The average Bonchev–Trinajstić information content (AvgIpc) is 3.27. The van der Waals surface area contributed by atoms with Crippen LogP contribution in [0.2, 0.25) is 0 Å². The highest BCUT2D eigenvalue weighted by atomic mass is 16.5. The SMILES string of the molecule is CC(C)c1c(C=O)oc2nc(N3CCOCC3)nn12.CNCc1ccccc1. The van der Waals surface area contributed by atoms with Crippen molar-refractivity contribution in [3.63, 3.8) is 0 Å². The van der Waals surface area contributed by atoms with E-state index in [1.54, 1.807) is 4.52 Å². The summed E-state index contributed by atoms with van der Waals surface area (Å²) in [4.78, 5) is 17.4. The third-order valence-electron chi connectivity index (χ3n) is 4.42. The van der Waals surface area contributed by atoms with E-state index in [1.165, 1.54) is 5.56 Å². The van der Waals surface area contributed by atoms with Gasteiger partial charge >= 0.3 is 5.84 Å². The molecule has 2 aromatic heterocycles. The maximum absolute atomic E-state index is 11.0. The number of nitrogens with zero attached hydrogens (tertiary/aromatic N) is 4. The largest absolute Gasteiger partial charge is 0.419 e. The lowest BCUT2D eigenvalue weighted by molar-refractivity contribution is 0.110. The van der Waals surface area contributed by atoms with Gasteiger partial charge in [-0.05, 0) is 18.5 Å². The number of anilines is 1. The van der Waals surface area contributed by atoms with Gasteiger partial charge in [0.25, 0.3) is 0 Å². The van der Waals surface area contributed by atoms with E-state index >= 15 is 0 Å². The Morgan fingerprint density at radius 1 is 1.21 bits per heavy atom. The molecule has 1 aromatic carbocycles. The molecule has 8 nitrogen and oxygen atoms in total. The first-order chi connectivity index (χ1) is 13.6. The number of hydrogen-bond donors (Lipinski definition) is 1. The second-order valence-corrected chi connectivity index (χ2v) is 6.85. The van der Waals surface area contributed by atoms with Gasteiger partial charge in [0.15, 0.2) is 12.0 Å². The number of benzene rings is 1. The number of carbonyl (C=O) groups excluding carboxylic acids is 1. The molecule has 1 fully saturated rings. The monoisotopic (exact) mass is 385 g/mol. The molecule has 28 heavy (non-hydrogen) atoms. The van der Waals surface area contributed by atoms with Crippen molar-refractivity contribution in [1.29, 1.82) is 0 Å². The highest BCUT2D eigenvalue weighted by Crippen LogP contribution is 2.24. The number of hydrogen-bond acceptors (Lipinski definition) is 7. The topological polar surface area (TPSA) is 84.9 Å². The van der Waals surface area contributed by atoms with Crippen LogP contribution in [-0.4, -0.2) is 54.2 Å². The molecular weight excluding hydrogens is 358 g/mol. The number of carbonyl (C=O) groups is 1. The van der Waals surface area contributed by atoms with Crippen LogP contribution in [0.15, 0.2) is 34.7 Å². The Morgan fingerprint density at radius 3 is 2.54 bits per heavy atom. The zero-order valence-corrected chi connectivity index (χ0v) is 16.6. The van der Waals surface area contributed by atoms with Crippen LogP contribution in [0.1, 0.15) is 41.6 Å². The molecule has 1 aliphatic rings. The average molecular weight is 385 g/mol. The van der Waals surface area contributed by atoms with Crippen LogP contribution in [0.3, 0.4) is 0 Å². The standard InChI is InChI=1S/C12H16N4O3.C8H11N/c1-8(2)10-9(7-17)19-12-13-11(14-16(10)12)15-3-5-18-6-4-15;1-9-7-8-5-3-2-4-6-8/h7-8H,3-6H2,1-2H3;2-6,9H,7H2,1H3. The molecule has 0 amide bonds. The van der Waals surface area contributed by atoms with Crippen molar-refractivity contribution >= 4 is 18.1 Å². The van der Waals surface area contributed by atoms with Gasteiger partial charge in [0.05, 0.1) is 18.9 Å². The maximum atomic E-state index is 11.0. The first-order valence-corrected chi connectivity index (χ1v) is 9.50. The molecule has 0 bridgehead atoms. The molecule has 4 rings (SSSR count). The lowest BCUT2D eigenvalue weighted by atomic mass is 10.1. The number of oxazole rings is 1. The van der Waals surface area contributed by atoms with Gasteiger partial charge < -0.3 is 19.4 Å². The number of fused-ring (bicyclic) bond motifs is 1. The van der Waals surface area contributed by atoms with Crippen LogP contribution in [0.5, 0.6) is 0 Å².